The standard InChI is InChI=1S/C22H21N3O5/c1-13-11-14(2)23-17(13)12-16-15-5-3-4-6-18(15)25(21(16)28)22(29)30-10-9-24-19(26)7-8-20(24)27/h3-8,11-12,23,26-27H,9-10H2,1-2H3. The second-order valence-corrected chi connectivity index (χ2v) is 7.08. The summed E-state index contributed by atoms with van der Waals surface area (Å²) < 4.78 is 6.44. The fourth-order valence-electron chi connectivity index (χ4n) is 3.57. The Morgan fingerprint density at radius 1 is 1.13 bits per heavy atom. The molecule has 1 aliphatic heterocycles. The monoisotopic (exact) mass is 407 g/mol. The Kier molecular flexibility index (Phi) is 4.83. The van der Waals surface area contributed by atoms with E-state index < -0.39 is 12.0 Å². The van der Waals surface area contributed by atoms with Crippen LogP contribution in [0.4, 0.5) is 10.5 Å². The van der Waals surface area contributed by atoms with Crippen LogP contribution in [-0.4, -0.2) is 38.4 Å². The minimum absolute atomic E-state index is 0.0454. The molecule has 0 spiro atoms. The molecule has 2 amide bonds. The molecule has 8 nitrogen and oxygen atoms in total. The van der Waals surface area contributed by atoms with Crippen molar-refractivity contribution in [1.29, 1.82) is 0 Å². The lowest BCUT2D eigenvalue weighted by atomic mass is 10.1. The van der Waals surface area contributed by atoms with Crippen LogP contribution in [0.2, 0.25) is 0 Å². The Balaban J connectivity index is 1.57. The van der Waals surface area contributed by atoms with Crippen LogP contribution in [0.1, 0.15) is 22.5 Å². The highest BCUT2D eigenvalue weighted by Crippen LogP contribution is 2.38. The van der Waals surface area contributed by atoms with E-state index in [1.165, 1.54) is 16.7 Å². The lowest BCUT2D eigenvalue weighted by molar-refractivity contribution is -0.112. The zero-order valence-electron chi connectivity index (χ0n) is 16.5. The average Bonchev–Trinajstić information content (AvgIpc) is 3.30. The summed E-state index contributed by atoms with van der Waals surface area (Å²) in [6.45, 7) is 3.79. The molecule has 0 aliphatic carbocycles. The quantitative estimate of drug-likeness (QED) is 0.573. The van der Waals surface area contributed by atoms with Gasteiger partial charge in [0.1, 0.15) is 6.61 Å². The second kappa shape index (κ2) is 7.47. The van der Waals surface area contributed by atoms with Crippen molar-refractivity contribution >= 4 is 29.3 Å². The molecule has 0 saturated heterocycles. The number of carbonyl (C=O) groups excluding carboxylic acids is 2. The SMILES string of the molecule is Cc1cc(C)c(C=C2C(=O)N(C(=O)OCCn3c(O)ccc3O)c3ccccc32)[nH]1. The predicted molar refractivity (Wildman–Crippen MR) is 111 cm³/mol. The molecule has 3 heterocycles. The van der Waals surface area contributed by atoms with Crippen molar-refractivity contribution in [2.45, 2.75) is 20.4 Å². The summed E-state index contributed by atoms with van der Waals surface area (Å²) in [5, 5.41) is 19.3. The molecule has 2 aromatic heterocycles. The van der Waals surface area contributed by atoms with Gasteiger partial charge >= 0.3 is 6.09 Å². The fraction of sp³-hybridized carbons (Fsp3) is 0.182. The lowest BCUT2D eigenvalue weighted by Gasteiger charge is -2.15. The van der Waals surface area contributed by atoms with Gasteiger partial charge in [0.25, 0.3) is 5.91 Å². The number of nitrogens with one attached hydrogen (secondary N) is 1. The topological polar surface area (TPSA) is 108 Å². The molecule has 3 N–H and O–H groups in total. The van der Waals surface area contributed by atoms with Crippen LogP contribution in [0.3, 0.4) is 0 Å². The number of hydrogen-bond donors (Lipinski definition) is 3. The molecule has 0 fully saturated rings. The van der Waals surface area contributed by atoms with Crippen molar-refractivity contribution in [2.75, 3.05) is 11.5 Å². The zero-order valence-corrected chi connectivity index (χ0v) is 16.5. The first-order valence-corrected chi connectivity index (χ1v) is 9.43. The van der Waals surface area contributed by atoms with Crippen LogP contribution in [0, 0.1) is 13.8 Å². The van der Waals surface area contributed by atoms with E-state index in [-0.39, 0.29) is 24.9 Å². The smallest absolute Gasteiger partial charge is 0.421 e. The number of hydrogen-bond acceptors (Lipinski definition) is 5. The van der Waals surface area contributed by atoms with E-state index in [1.807, 2.05) is 19.9 Å². The highest BCUT2D eigenvalue weighted by molar-refractivity contribution is 6.41. The normalized spacial score (nSPS) is 14.4. The van der Waals surface area contributed by atoms with Crippen LogP contribution in [0.5, 0.6) is 11.8 Å². The van der Waals surface area contributed by atoms with Crippen molar-refractivity contribution in [3.63, 3.8) is 0 Å². The molecule has 154 valence electrons. The van der Waals surface area contributed by atoms with Crippen molar-refractivity contribution in [2.24, 2.45) is 0 Å². The van der Waals surface area contributed by atoms with Gasteiger partial charge in [-0.15, -0.1) is 0 Å². The molecule has 8 heteroatoms. The molecule has 1 aromatic carbocycles. The number of ether oxygens (including phenoxy) is 1. The summed E-state index contributed by atoms with van der Waals surface area (Å²) in [6.07, 6.45) is 0.925. The highest BCUT2D eigenvalue weighted by atomic mass is 16.6. The van der Waals surface area contributed by atoms with Gasteiger partial charge in [0.15, 0.2) is 11.8 Å². The molecule has 0 saturated carbocycles. The lowest BCUT2D eigenvalue weighted by Crippen LogP contribution is -2.34. The number of rotatable bonds is 4. The summed E-state index contributed by atoms with van der Waals surface area (Å²) in [7, 11) is 0. The molecule has 3 aromatic rings. The minimum Gasteiger partial charge on any atom is -0.494 e. The van der Waals surface area contributed by atoms with Crippen LogP contribution < -0.4 is 4.90 Å². The second-order valence-electron chi connectivity index (χ2n) is 7.08. The summed E-state index contributed by atoms with van der Waals surface area (Å²) in [4.78, 5) is 30.0. The number of fused-ring (bicyclic) bond motifs is 1. The van der Waals surface area contributed by atoms with Gasteiger partial charge in [-0.2, -0.15) is 0 Å². The third-order valence-corrected chi connectivity index (χ3v) is 5.00. The Morgan fingerprint density at radius 2 is 1.83 bits per heavy atom. The average molecular weight is 407 g/mol. The number of H-pyrrole nitrogens is 1. The maximum atomic E-state index is 13.1. The Labute approximate surface area is 172 Å². The third kappa shape index (κ3) is 3.32. The van der Waals surface area contributed by atoms with Crippen molar-refractivity contribution in [3.05, 3.63) is 65.0 Å². The predicted octanol–water partition coefficient (Wildman–Crippen LogP) is 3.57. The fourth-order valence-corrected chi connectivity index (χ4v) is 3.57. The van der Waals surface area contributed by atoms with Crippen LogP contribution >= 0.6 is 0 Å². The first-order chi connectivity index (χ1) is 14.4. The van der Waals surface area contributed by atoms with Crippen molar-refractivity contribution in [3.8, 4) is 11.8 Å². The number of aryl methyl sites for hydroxylation is 2. The first kappa shape index (κ1) is 19.4. The molecule has 1 aliphatic rings. The maximum Gasteiger partial charge on any atom is 0.421 e. The Morgan fingerprint density at radius 3 is 2.50 bits per heavy atom. The van der Waals surface area contributed by atoms with E-state index in [0.717, 1.165) is 21.9 Å². The molecule has 0 atom stereocenters. The summed E-state index contributed by atoms with van der Waals surface area (Å²) in [5.41, 5.74) is 4.27. The summed E-state index contributed by atoms with van der Waals surface area (Å²) >= 11 is 0. The van der Waals surface area contributed by atoms with Gasteiger partial charge in [-0.05, 0) is 37.6 Å². The number of imide groups is 1. The molecule has 0 bridgehead atoms. The van der Waals surface area contributed by atoms with Gasteiger partial charge < -0.3 is 19.9 Å². The van der Waals surface area contributed by atoms with Gasteiger partial charge in [-0.3, -0.25) is 9.36 Å². The molecular weight excluding hydrogens is 386 g/mol. The largest absolute Gasteiger partial charge is 0.494 e. The number of amides is 2. The summed E-state index contributed by atoms with van der Waals surface area (Å²) in [6, 6.07) is 11.7. The maximum absolute atomic E-state index is 13.1. The number of aromatic nitrogens is 2. The number of nitrogens with zero attached hydrogens (tertiary/aromatic N) is 2. The van der Waals surface area contributed by atoms with Crippen LogP contribution in [0.15, 0.2) is 42.5 Å². The number of aromatic amines is 1. The van der Waals surface area contributed by atoms with Gasteiger partial charge in [0.05, 0.1) is 17.8 Å². The van der Waals surface area contributed by atoms with E-state index in [2.05, 4.69) is 4.98 Å². The number of aromatic hydroxyl groups is 2. The van der Waals surface area contributed by atoms with Gasteiger partial charge in [0, 0.05) is 29.1 Å². The van der Waals surface area contributed by atoms with Crippen LogP contribution in [0.25, 0.3) is 11.6 Å². The number of benzene rings is 1. The van der Waals surface area contributed by atoms with Crippen molar-refractivity contribution < 1.29 is 24.5 Å². The highest BCUT2D eigenvalue weighted by Gasteiger charge is 2.37. The minimum atomic E-state index is -0.818. The first-order valence-electron chi connectivity index (χ1n) is 9.43. The van der Waals surface area contributed by atoms with Gasteiger partial charge in [-0.1, -0.05) is 18.2 Å². The molecule has 0 radical (unpaired) electrons. The zero-order chi connectivity index (χ0) is 21.4. The number of para-hydroxylation sites is 1. The summed E-state index contributed by atoms with van der Waals surface area (Å²) in [5.74, 6) is -0.763. The molecular formula is C22H21N3O5. The molecule has 4 rings (SSSR count). The Hall–Kier alpha value is -3.94. The Bertz CT molecular complexity index is 1150. The van der Waals surface area contributed by atoms with E-state index >= 15 is 0 Å². The van der Waals surface area contributed by atoms with Gasteiger partial charge in [-0.25, -0.2) is 9.69 Å². The number of carbonyl (C=O) groups is 2. The van der Waals surface area contributed by atoms with Crippen LogP contribution in [-0.2, 0) is 16.1 Å². The molecule has 30 heavy (non-hydrogen) atoms. The van der Waals surface area contributed by atoms with E-state index in [1.54, 1.807) is 30.3 Å². The van der Waals surface area contributed by atoms with Crippen molar-refractivity contribution in [1.82, 2.24) is 9.55 Å². The van der Waals surface area contributed by atoms with E-state index in [4.69, 9.17) is 4.74 Å². The van der Waals surface area contributed by atoms with Gasteiger partial charge in [0.2, 0.25) is 0 Å². The van der Waals surface area contributed by atoms with E-state index in [9.17, 15) is 19.8 Å². The number of anilines is 1. The third-order valence-electron chi connectivity index (χ3n) is 5.00. The molecule has 0 unspecified atom stereocenters. The van der Waals surface area contributed by atoms with E-state index in [0.29, 0.717) is 16.8 Å².